The Balaban J connectivity index is 1.85. The summed E-state index contributed by atoms with van der Waals surface area (Å²) in [4.78, 5) is 17.8. The third kappa shape index (κ3) is 6.76. The highest BCUT2D eigenvalue weighted by Crippen LogP contribution is 2.36. The van der Waals surface area contributed by atoms with Gasteiger partial charge in [0.25, 0.3) is 0 Å². The van der Waals surface area contributed by atoms with Gasteiger partial charge in [-0.15, -0.1) is 0 Å². The van der Waals surface area contributed by atoms with Crippen LogP contribution in [-0.4, -0.2) is 69.0 Å². The van der Waals surface area contributed by atoms with E-state index in [1.165, 1.54) is 25.7 Å². The smallest absolute Gasteiger partial charge is 0.243 e. The fourth-order valence-electron chi connectivity index (χ4n) is 3.22. The van der Waals surface area contributed by atoms with Crippen molar-refractivity contribution in [3.63, 3.8) is 0 Å². The highest BCUT2D eigenvalue weighted by atomic mass is 16.7. The Bertz CT molecular complexity index is 471. The Morgan fingerprint density at radius 3 is 2.50 bits per heavy atom. The van der Waals surface area contributed by atoms with E-state index < -0.39 is 0 Å². The van der Waals surface area contributed by atoms with Gasteiger partial charge >= 0.3 is 0 Å². The second kappa shape index (κ2) is 10.1. The van der Waals surface area contributed by atoms with Gasteiger partial charge in [-0.2, -0.15) is 0 Å². The van der Waals surface area contributed by atoms with Crippen LogP contribution in [0, 0.1) is 5.92 Å². The molecule has 1 heterocycles. The summed E-state index contributed by atoms with van der Waals surface area (Å²) in [6.45, 7) is 6.45. The number of amides is 1. The summed E-state index contributed by atoms with van der Waals surface area (Å²) in [5.74, 6) is 0.756. The van der Waals surface area contributed by atoms with Gasteiger partial charge in [-0.25, -0.2) is 4.99 Å². The van der Waals surface area contributed by atoms with Crippen molar-refractivity contribution >= 4 is 11.9 Å². The molecule has 0 aromatic heterocycles. The van der Waals surface area contributed by atoms with Crippen LogP contribution in [0.3, 0.4) is 0 Å². The third-order valence-electron chi connectivity index (χ3n) is 4.83. The van der Waals surface area contributed by atoms with Crippen LogP contribution in [-0.2, 0) is 14.3 Å². The second-order valence-electron chi connectivity index (χ2n) is 7.98. The van der Waals surface area contributed by atoms with Gasteiger partial charge in [0.15, 0.2) is 11.7 Å². The largest absolute Gasteiger partial charge is 0.356 e. The van der Waals surface area contributed by atoms with Crippen molar-refractivity contribution < 1.29 is 14.3 Å². The minimum absolute atomic E-state index is 0.0173. The van der Waals surface area contributed by atoms with Gasteiger partial charge in [-0.1, -0.05) is 26.7 Å². The molecule has 2 N–H and O–H groups in total. The Labute approximate surface area is 157 Å². The molecule has 1 spiro atoms. The topological polar surface area (TPSA) is 75.2 Å². The molecular formula is C19H36N4O3. The number of carbonyl (C=O) groups is 1. The number of ether oxygens (including phenoxy) is 2. The predicted molar refractivity (Wildman–Crippen MR) is 103 cm³/mol. The molecule has 0 aromatic carbocycles. The van der Waals surface area contributed by atoms with Crippen LogP contribution in [0.5, 0.6) is 0 Å². The molecule has 2 rings (SSSR count). The normalized spacial score (nSPS) is 23.1. The number of likely N-dealkylation sites (N-methyl/N-ethyl adjacent to an activating group) is 1. The van der Waals surface area contributed by atoms with Crippen molar-refractivity contribution in [2.45, 2.75) is 64.3 Å². The molecule has 0 radical (unpaired) electrons. The van der Waals surface area contributed by atoms with E-state index in [4.69, 9.17) is 9.47 Å². The number of aliphatic imine (C=N–C) groups is 1. The first-order chi connectivity index (χ1) is 12.4. The van der Waals surface area contributed by atoms with E-state index in [2.05, 4.69) is 29.5 Å². The van der Waals surface area contributed by atoms with E-state index in [1.54, 1.807) is 19.0 Å². The fraction of sp³-hybridized carbons (Fsp3) is 0.895. The van der Waals surface area contributed by atoms with E-state index in [0.29, 0.717) is 25.0 Å². The number of nitrogens with zero attached hydrogens (tertiary/aromatic N) is 2. The van der Waals surface area contributed by atoms with Gasteiger partial charge < -0.3 is 25.0 Å². The highest BCUT2D eigenvalue weighted by Gasteiger charge is 2.41. The maximum Gasteiger partial charge on any atom is 0.243 e. The van der Waals surface area contributed by atoms with Crippen molar-refractivity contribution in [2.75, 3.05) is 40.3 Å². The fourth-order valence-corrected chi connectivity index (χ4v) is 3.22. The van der Waals surface area contributed by atoms with Gasteiger partial charge in [0.1, 0.15) is 12.6 Å². The average Bonchev–Trinajstić information content (AvgIpc) is 2.84. The van der Waals surface area contributed by atoms with Crippen LogP contribution < -0.4 is 10.6 Å². The number of rotatable bonds is 6. The lowest BCUT2D eigenvalue weighted by molar-refractivity contribution is -0.175. The van der Waals surface area contributed by atoms with E-state index in [1.807, 2.05) is 0 Å². The summed E-state index contributed by atoms with van der Waals surface area (Å²) in [6.07, 6.45) is 6.90. The Morgan fingerprint density at radius 2 is 1.88 bits per heavy atom. The van der Waals surface area contributed by atoms with Crippen LogP contribution in [0.25, 0.3) is 0 Å². The quantitative estimate of drug-likeness (QED) is 0.552. The number of carbonyl (C=O) groups excluding carboxylic acids is 1. The first-order valence-electron chi connectivity index (χ1n) is 9.94. The van der Waals surface area contributed by atoms with Crippen LogP contribution in [0.4, 0.5) is 0 Å². The SMILES string of the molecule is CC(C)CNC(=NCC(=O)N(C)C)NCC1COC2(CCCCCC2)O1. The minimum Gasteiger partial charge on any atom is -0.356 e. The molecule has 0 bridgehead atoms. The van der Waals surface area contributed by atoms with Crippen molar-refractivity contribution in [3.8, 4) is 0 Å². The zero-order chi connectivity index (χ0) is 19.0. The number of hydrogen-bond acceptors (Lipinski definition) is 4. The van der Waals surface area contributed by atoms with Gasteiger partial charge in [-0.05, 0) is 18.8 Å². The molecule has 1 unspecified atom stereocenters. The highest BCUT2D eigenvalue weighted by molar-refractivity contribution is 5.84. The van der Waals surface area contributed by atoms with E-state index in [9.17, 15) is 4.79 Å². The molecule has 1 atom stereocenters. The predicted octanol–water partition coefficient (Wildman–Crippen LogP) is 1.73. The first-order valence-corrected chi connectivity index (χ1v) is 9.94. The molecule has 26 heavy (non-hydrogen) atoms. The summed E-state index contributed by atoms with van der Waals surface area (Å²) < 4.78 is 12.3. The summed E-state index contributed by atoms with van der Waals surface area (Å²) >= 11 is 0. The monoisotopic (exact) mass is 368 g/mol. The van der Waals surface area contributed by atoms with Crippen LogP contribution in [0.1, 0.15) is 52.4 Å². The van der Waals surface area contributed by atoms with Gasteiger partial charge in [0.05, 0.1) is 6.61 Å². The lowest BCUT2D eigenvalue weighted by atomic mass is 10.1. The molecule has 0 aromatic rings. The summed E-state index contributed by atoms with van der Waals surface area (Å²) in [5.41, 5.74) is 0. The van der Waals surface area contributed by atoms with Crippen molar-refractivity contribution in [1.29, 1.82) is 0 Å². The molecule has 2 fully saturated rings. The number of hydrogen-bond donors (Lipinski definition) is 2. The van der Waals surface area contributed by atoms with E-state index in [0.717, 1.165) is 19.4 Å². The standard InChI is InChI=1S/C19H36N4O3/c1-15(2)11-20-18(22-13-17(24)23(3)4)21-12-16-14-25-19(26-16)9-7-5-6-8-10-19/h15-16H,5-14H2,1-4H3,(H2,20,21,22). The maximum absolute atomic E-state index is 11.8. The molecule has 1 aliphatic carbocycles. The zero-order valence-corrected chi connectivity index (χ0v) is 16.8. The lowest BCUT2D eigenvalue weighted by Crippen LogP contribution is -2.44. The summed E-state index contributed by atoms with van der Waals surface area (Å²) in [5, 5.41) is 6.60. The van der Waals surface area contributed by atoms with Crippen molar-refractivity contribution in [3.05, 3.63) is 0 Å². The molecule has 7 heteroatoms. The Kier molecular flexibility index (Phi) is 8.15. The van der Waals surface area contributed by atoms with Gasteiger partial charge in [-0.3, -0.25) is 4.79 Å². The lowest BCUT2D eigenvalue weighted by Gasteiger charge is -2.26. The van der Waals surface area contributed by atoms with Crippen molar-refractivity contribution in [2.24, 2.45) is 10.9 Å². The molecule has 2 aliphatic rings. The summed E-state index contributed by atoms with van der Waals surface area (Å²) in [6, 6.07) is 0. The van der Waals surface area contributed by atoms with Crippen LogP contribution in [0.15, 0.2) is 4.99 Å². The maximum atomic E-state index is 11.8. The molecule has 1 saturated carbocycles. The van der Waals surface area contributed by atoms with E-state index in [-0.39, 0.29) is 24.3 Å². The van der Waals surface area contributed by atoms with Crippen molar-refractivity contribution in [1.82, 2.24) is 15.5 Å². The minimum atomic E-state index is -0.369. The number of nitrogens with one attached hydrogen (secondary N) is 2. The van der Waals surface area contributed by atoms with Gasteiger partial charge in [0, 0.05) is 40.0 Å². The Morgan fingerprint density at radius 1 is 1.19 bits per heavy atom. The number of guanidine groups is 1. The van der Waals surface area contributed by atoms with E-state index >= 15 is 0 Å². The molecule has 7 nitrogen and oxygen atoms in total. The molecule has 150 valence electrons. The Hall–Kier alpha value is -1.34. The molecule has 1 saturated heterocycles. The first kappa shape index (κ1) is 21.0. The summed E-state index contributed by atoms with van der Waals surface area (Å²) in [7, 11) is 3.48. The molecule has 1 amide bonds. The third-order valence-corrected chi connectivity index (χ3v) is 4.83. The van der Waals surface area contributed by atoms with Gasteiger partial charge in [0.2, 0.25) is 5.91 Å². The zero-order valence-electron chi connectivity index (χ0n) is 16.8. The molecular weight excluding hydrogens is 332 g/mol. The van der Waals surface area contributed by atoms with Crippen LogP contribution >= 0.6 is 0 Å². The van der Waals surface area contributed by atoms with Crippen LogP contribution in [0.2, 0.25) is 0 Å². The second-order valence-corrected chi connectivity index (χ2v) is 7.98. The molecule has 1 aliphatic heterocycles. The average molecular weight is 369 g/mol.